The van der Waals surface area contributed by atoms with Gasteiger partial charge in [0.15, 0.2) is 12.0 Å². The van der Waals surface area contributed by atoms with Crippen LogP contribution in [0.5, 0.6) is 0 Å². The zero-order valence-corrected chi connectivity index (χ0v) is 31.4. The predicted molar refractivity (Wildman–Crippen MR) is 238 cm³/mol. The van der Waals surface area contributed by atoms with E-state index in [1.165, 1.54) is 47.7 Å². The van der Waals surface area contributed by atoms with Crippen molar-refractivity contribution in [1.82, 2.24) is 9.88 Å². The molecule has 0 bridgehead atoms. The van der Waals surface area contributed by atoms with Gasteiger partial charge in [0.05, 0.1) is 11.0 Å². The highest BCUT2D eigenvalue weighted by Gasteiger charge is 2.25. The van der Waals surface area contributed by atoms with Gasteiger partial charge < -0.3 is 14.3 Å². The Labute approximate surface area is 331 Å². The first-order valence-corrected chi connectivity index (χ1v) is 20.0. The minimum absolute atomic E-state index is 0.388. The van der Waals surface area contributed by atoms with E-state index >= 15 is 0 Å². The van der Waals surface area contributed by atoms with Crippen molar-refractivity contribution in [1.29, 1.82) is 0 Å². The van der Waals surface area contributed by atoms with Crippen LogP contribution in [0.25, 0.3) is 80.7 Å². The van der Waals surface area contributed by atoms with Gasteiger partial charge in [-0.3, -0.25) is 0 Å². The molecule has 8 aromatic carbocycles. The Morgan fingerprint density at radius 1 is 0.491 bits per heavy atom. The van der Waals surface area contributed by atoms with Gasteiger partial charge in [-0.1, -0.05) is 133 Å². The number of hydrogen-bond donors (Lipinski definition) is 1. The number of fused-ring (bicyclic) bond motifs is 9. The molecule has 57 heavy (non-hydrogen) atoms. The van der Waals surface area contributed by atoms with Gasteiger partial charge in [-0.25, -0.2) is 9.98 Å². The Hall–Kier alpha value is -7.28. The maximum atomic E-state index is 6.78. The fourth-order valence-corrected chi connectivity index (χ4v) is 9.69. The van der Waals surface area contributed by atoms with Crippen LogP contribution < -0.4 is 5.32 Å². The lowest BCUT2D eigenvalue weighted by Gasteiger charge is -2.23. The normalized spacial score (nSPS) is 14.5. The molecule has 0 saturated heterocycles. The van der Waals surface area contributed by atoms with E-state index in [9.17, 15) is 0 Å². The van der Waals surface area contributed by atoms with Gasteiger partial charge in [0.25, 0.3) is 0 Å². The second-order valence-corrected chi connectivity index (χ2v) is 15.7. The van der Waals surface area contributed by atoms with Crippen LogP contribution in [0, 0.1) is 0 Å². The molecule has 5 nitrogen and oxygen atoms in total. The average Bonchev–Trinajstić information content (AvgIpc) is 3.95. The van der Waals surface area contributed by atoms with Crippen LogP contribution in [0.1, 0.15) is 22.9 Å². The molecule has 1 unspecified atom stereocenters. The Balaban J connectivity index is 0.931. The Bertz CT molecular complexity index is 3390. The van der Waals surface area contributed by atoms with Crippen molar-refractivity contribution in [2.45, 2.75) is 6.17 Å². The average molecular weight is 749 g/mol. The summed E-state index contributed by atoms with van der Waals surface area (Å²) in [6.07, 6.45) is -0.388. The van der Waals surface area contributed by atoms with Crippen molar-refractivity contribution < 1.29 is 4.42 Å². The zero-order valence-electron chi connectivity index (χ0n) is 30.6. The molecule has 0 radical (unpaired) electrons. The van der Waals surface area contributed by atoms with E-state index in [1.807, 2.05) is 47.7 Å². The lowest BCUT2D eigenvalue weighted by atomic mass is 10.0. The van der Waals surface area contributed by atoms with Crippen LogP contribution >= 0.6 is 11.3 Å². The van der Waals surface area contributed by atoms with Gasteiger partial charge in [0.2, 0.25) is 0 Å². The SMILES string of the molecule is c1ccc(C2=NC(c3cccc4c3oc3cc(-c5ccc6sc7cc(-n8c9ccccc9c9ccccc98)ccc7c6c5)ccc34)NC(c3ccccc3)=N2)cc1. The fraction of sp³-hybridized carbons (Fsp3) is 0.0196. The van der Waals surface area contributed by atoms with Gasteiger partial charge in [0.1, 0.15) is 17.0 Å². The first-order chi connectivity index (χ1) is 28.2. The molecule has 11 aromatic rings. The van der Waals surface area contributed by atoms with Gasteiger partial charge in [0, 0.05) is 64.1 Å². The Morgan fingerprint density at radius 3 is 1.95 bits per heavy atom. The molecule has 6 heteroatoms. The van der Waals surface area contributed by atoms with Crippen LogP contribution in [0.3, 0.4) is 0 Å². The number of benzene rings is 8. The highest BCUT2D eigenvalue weighted by molar-refractivity contribution is 7.25. The van der Waals surface area contributed by atoms with Crippen LogP contribution in [0.15, 0.2) is 196 Å². The lowest BCUT2D eigenvalue weighted by Crippen LogP contribution is -2.33. The molecular weight excluding hydrogens is 717 g/mol. The summed E-state index contributed by atoms with van der Waals surface area (Å²) in [6.45, 7) is 0. The third-order valence-corrected chi connectivity index (χ3v) is 12.4. The summed E-state index contributed by atoms with van der Waals surface area (Å²) in [5.41, 5.74) is 10.5. The highest BCUT2D eigenvalue weighted by atomic mass is 32.1. The van der Waals surface area contributed by atoms with E-state index < -0.39 is 0 Å². The number of aliphatic imine (C=N–C) groups is 2. The van der Waals surface area contributed by atoms with Crippen molar-refractivity contribution in [2.24, 2.45) is 9.98 Å². The molecule has 1 aliphatic rings. The van der Waals surface area contributed by atoms with Gasteiger partial charge >= 0.3 is 0 Å². The second kappa shape index (κ2) is 12.6. The lowest BCUT2D eigenvalue weighted by molar-refractivity contribution is 0.628. The first-order valence-electron chi connectivity index (χ1n) is 19.2. The molecule has 0 fully saturated rings. The van der Waals surface area contributed by atoms with Crippen LogP contribution in [-0.4, -0.2) is 16.2 Å². The minimum Gasteiger partial charge on any atom is -0.456 e. The molecule has 268 valence electrons. The first kappa shape index (κ1) is 32.0. The molecule has 1 aliphatic heterocycles. The van der Waals surface area contributed by atoms with Crippen molar-refractivity contribution in [3.63, 3.8) is 0 Å². The molecule has 0 spiro atoms. The molecule has 1 N–H and O–H groups in total. The molecular formula is C51H32N4OS. The monoisotopic (exact) mass is 748 g/mol. The predicted octanol–water partition coefficient (Wildman–Crippen LogP) is 13.2. The van der Waals surface area contributed by atoms with E-state index in [1.54, 1.807) is 0 Å². The summed E-state index contributed by atoms with van der Waals surface area (Å²) in [4.78, 5) is 10.1. The smallest absolute Gasteiger partial charge is 0.159 e. The quantitative estimate of drug-likeness (QED) is 0.191. The number of nitrogens with one attached hydrogen (secondary N) is 1. The summed E-state index contributed by atoms with van der Waals surface area (Å²) in [5, 5.41) is 10.8. The minimum atomic E-state index is -0.388. The molecule has 12 rings (SSSR count). The Kier molecular flexibility index (Phi) is 7.09. The van der Waals surface area contributed by atoms with E-state index in [-0.39, 0.29) is 6.17 Å². The van der Waals surface area contributed by atoms with E-state index in [0.717, 1.165) is 55.6 Å². The largest absolute Gasteiger partial charge is 0.456 e. The summed E-state index contributed by atoms with van der Waals surface area (Å²) < 4.78 is 11.7. The molecule has 0 amide bonds. The van der Waals surface area contributed by atoms with E-state index in [0.29, 0.717) is 5.84 Å². The van der Waals surface area contributed by atoms with E-state index in [2.05, 4.69) is 155 Å². The van der Waals surface area contributed by atoms with Gasteiger partial charge in [-0.2, -0.15) is 0 Å². The second-order valence-electron chi connectivity index (χ2n) is 14.6. The summed E-state index contributed by atoms with van der Waals surface area (Å²) in [7, 11) is 0. The summed E-state index contributed by atoms with van der Waals surface area (Å²) in [6, 6.07) is 64.4. The van der Waals surface area contributed by atoms with Gasteiger partial charge in [-0.15, -0.1) is 11.3 Å². The third-order valence-electron chi connectivity index (χ3n) is 11.3. The van der Waals surface area contributed by atoms with Crippen molar-refractivity contribution in [2.75, 3.05) is 0 Å². The number of rotatable bonds is 5. The fourth-order valence-electron chi connectivity index (χ4n) is 8.57. The maximum Gasteiger partial charge on any atom is 0.159 e. The number of furan rings is 1. The maximum absolute atomic E-state index is 6.78. The van der Waals surface area contributed by atoms with Crippen molar-refractivity contribution >= 4 is 86.9 Å². The van der Waals surface area contributed by atoms with Crippen LogP contribution in [0.2, 0.25) is 0 Å². The van der Waals surface area contributed by atoms with Gasteiger partial charge in [-0.05, 0) is 59.7 Å². The van der Waals surface area contributed by atoms with Crippen molar-refractivity contribution in [3.05, 3.63) is 199 Å². The van der Waals surface area contributed by atoms with E-state index in [4.69, 9.17) is 14.4 Å². The molecule has 1 atom stereocenters. The number of nitrogens with zero attached hydrogens (tertiary/aromatic N) is 3. The summed E-state index contributed by atoms with van der Waals surface area (Å²) >= 11 is 1.85. The van der Waals surface area contributed by atoms with Crippen LogP contribution in [-0.2, 0) is 0 Å². The number of amidine groups is 2. The molecule has 0 saturated carbocycles. The number of aromatic nitrogens is 1. The molecule has 0 aliphatic carbocycles. The Morgan fingerprint density at radius 2 is 1.16 bits per heavy atom. The number of para-hydroxylation sites is 3. The zero-order chi connectivity index (χ0) is 37.5. The molecule has 4 heterocycles. The number of hydrogen-bond acceptors (Lipinski definition) is 5. The highest BCUT2D eigenvalue weighted by Crippen LogP contribution is 2.41. The number of thiophene rings is 1. The topological polar surface area (TPSA) is 54.8 Å². The third kappa shape index (κ3) is 5.15. The standard InChI is InChI=1S/C51H32N4OS/c1-3-12-31(13-4-1)49-52-50(32-14-5-2-6-15-32)54-51(53-49)41-19-11-18-40-38-25-22-34(29-45(38)56-48(40)41)33-23-27-46-42(28-33)39-26-24-35(30-47(39)57-46)55-43-20-9-7-16-36(43)37-17-8-10-21-44(37)55/h1-30,51H,(H,52,53,54). The summed E-state index contributed by atoms with van der Waals surface area (Å²) in [5.74, 6) is 1.47. The molecule has 3 aromatic heterocycles. The van der Waals surface area contributed by atoms with Crippen molar-refractivity contribution in [3.8, 4) is 16.8 Å². The van der Waals surface area contributed by atoms with Crippen LogP contribution in [0.4, 0.5) is 0 Å².